The highest BCUT2D eigenvalue weighted by molar-refractivity contribution is 5.90. The van der Waals surface area contributed by atoms with Gasteiger partial charge in [-0.25, -0.2) is 4.79 Å². The summed E-state index contributed by atoms with van der Waals surface area (Å²) in [7, 11) is 0. The van der Waals surface area contributed by atoms with Gasteiger partial charge in [-0.05, 0) is 25.1 Å². The monoisotopic (exact) mass is 291 g/mol. The summed E-state index contributed by atoms with van der Waals surface area (Å²) >= 11 is 0. The summed E-state index contributed by atoms with van der Waals surface area (Å²) in [4.78, 5) is 15.7. The van der Waals surface area contributed by atoms with Crippen LogP contribution in [0.25, 0.3) is 11.3 Å². The van der Waals surface area contributed by atoms with Crippen molar-refractivity contribution in [1.29, 1.82) is 0 Å². The van der Waals surface area contributed by atoms with E-state index in [0.717, 1.165) is 11.3 Å². The van der Waals surface area contributed by atoms with E-state index in [9.17, 15) is 4.79 Å². The molecule has 0 atom stereocenters. The molecule has 0 unspecified atom stereocenters. The normalized spacial score (nSPS) is 10.2. The van der Waals surface area contributed by atoms with E-state index in [0.29, 0.717) is 5.56 Å². The van der Waals surface area contributed by atoms with Crippen LogP contribution in [-0.2, 0) is 0 Å². The molecule has 0 saturated heterocycles. The van der Waals surface area contributed by atoms with Gasteiger partial charge < -0.3 is 4.74 Å². The molecule has 5 heteroatoms. The maximum atomic E-state index is 11.9. The number of pyridine rings is 1. The number of carbonyl (C=O) groups is 1. The van der Waals surface area contributed by atoms with Crippen LogP contribution in [0.5, 0.6) is 5.88 Å². The van der Waals surface area contributed by atoms with Gasteiger partial charge in [0.25, 0.3) is 0 Å². The Morgan fingerprint density at radius 1 is 1.00 bits per heavy atom. The molecule has 0 N–H and O–H groups in total. The van der Waals surface area contributed by atoms with Crippen LogP contribution in [0.3, 0.4) is 0 Å². The van der Waals surface area contributed by atoms with Gasteiger partial charge >= 0.3 is 5.97 Å². The minimum atomic E-state index is -0.509. The van der Waals surface area contributed by atoms with E-state index < -0.39 is 5.97 Å². The zero-order valence-corrected chi connectivity index (χ0v) is 11.9. The largest absolute Gasteiger partial charge is 0.402 e. The standard InChI is InChI=1S/C17H13N3O2/c1-12-4-6-13(7-5-12)15-8-9-16(20-19-15)22-17(21)14-3-2-10-18-11-14/h2-11H,1H3. The van der Waals surface area contributed by atoms with Crippen molar-refractivity contribution in [3.05, 3.63) is 72.1 Å². The predicted molar refractivity (Wildman–Crippen MR) is 81.4 cm³/mol. The van der Waals surface area contributed by atoms with Gasteiger partial charge in [-0.15, -0.1) is 10.2 Å². The van der Waals surface area contributed by atoms with E-state index in [2.05, 4.69) is 15.2 Å². The van der Waals surface area contributed by atoms with Gasteiger partial charge in [-0.3, -0.25) is 4.98 Å². The Labute approximate surface area is 127 Å². The molecule has 0 amide bonds. The van der Waals surface area contributed by atoms with E-state index in [1.807, 2.05) is 31.2 Å². The van der Waals surface area contributed by atoms with E-state index in [4.69, 9.17) is 4.74 Å². The molecule has 0 spiro atoms. The first-order valence-corrected chi connectivity index (χ1v) is 6.75. The Hall–Kier alpha value is -3.08. The van der Waals surface area contributed by atoms with Crippen molar-refractivity contribution in [3.8, 4) is 17.1 Å². The van der Waals surface area contributed by atoms with Gasteiger partial charge in [-0.2, -0.15) is 0 Å². The minimum Gasteiger partial charge on any atom is -0.402 e. The lowest BCUT2D eigenvalue weighted by molar-refractivity contribution is 0.0725. The predicted octanol–water partition coefficient (Wildman–Crippen LogP) is 3.07. The fourth-order valence-electron chi connectivity index (χ4n) is 1.89. The van der Waals surface area contributed by atoms with Crippen molar-refractivity contribution in [2.45, 2.75) is 6.92 Å². The Kier molecular flexibility index (Phi) is 3.87. The fraction of sp³-hybridized carbons (Fsp3) is 0.0588. The van der Waals surface area contributed by atoms with Crippen LogP contribution in [-0.4, -0.2) is 21.2 Å². The summed E-state index contributed by atoms with van der Waals surface area (Å²) in [6, 6.07) is 14.6. The van der Waals surface area contributed by atoms with Gasteiger partial charge in [0.1, 0.15) is 0 Å². The highest BCUT2D eigenvalue weighted by atomic mass is 16.5. The van der Waals surface area contributed by atoms with Gasteiger partial charge in [0.2, 0.25) is 5.88 Å². The van der Waals surface area contributed by atoms with Gasteiger partial charge in [-0.1, -0.05) is 29.8 Å². The second-order valence-corrected chi connectivity index (χ2v) is 4.75. The third-order valence-corrected chi connectivity index (χ3v) is 3.08. The molecule has 1 aromatic carbocycles. The average Bonchev–Trinajstić information content (AvgIpc) is 2.57. The second-order valence-electron chi connectivity index (χ2n) is 4.75. The van der Waals surface area contributed by atoms with E-state index in [1.54, 1.807) is 30.5 Å². The van der Waals surface area contributed by atoms with Crippen molar-refractivity contribution in [3.63, 3.8) is 0 Å². The maximum Gasteiger partial charge on any atom is 0.346 e. The highest BCUT2D eigenvalue weighted by Crippen LogP contribution is 2.18. The molecule has 22 heavy (non-hydrogen) atoms. The Bertz CT molecular complexity index is 769. The summed E-state index contributed by atoms with van der Waals surface area (Å²) in [5, 5.41) is 8.01. The molecule has 0 fully saturated rings. The first kappa shape index (κ1) is 13.9. The molecule has 5 nitrogen and oxygen atoms in total. The zero-order valence-electron chi connectivity index (χ0n) is 11.9. The minimum absolute atomic E-state index is 0.157. The van der Waals surface area contributed by atoms with Crippen LogP contribution < -0.4 is 4.74 Å². The number of hydrogen-bond acceptors (Lipinski definition) is 5. The van der Waals surface area contributed by atoms with Crippen molar-refractivity contribution in [2.75, 3.05) is 0 Å². The van der Waals surface area contributed by atoms with Crippen LogP contribution in [0.15, 0.2) is 60.9 Å². The molecule has 0 saturated carbocycles. The smallest absolute Gasteiger partial charge is 0.346 e. The second kappa shape index (κ2) is 6.13. The SMILES string of the molecule is Cc1ccc(-c2ccc(OC(=O)c3cccnc3)nn2)cc1. The molecule has 3 rings (SSSR count). The summed E-state index contributed by atoms with van der Waals surface area (Å²) in [5.74, 6) is -0.352. The first-order chi connectivity index (χ1) is 10.7. The summed E-state index contributed by atoms with van der Waals surface area (Å²) < 4.78 is 5.16. The number of esters is 1. The quantitative estimate of drug-likeness (QED) is 0.694. The molecule has 0 radical (unpaired) electrons. The van der Waals surface area contributed by atoms with E-state index in [-0.39, 0.29) is 5.88 Å². The Balaban J connectivity index is 1.74. The molecule has 0 aliphatic heterocycles. The third-order valence-electron chi connectivity index (χ3n) is 3.08. The molecular formula is C17H13N3O2. The number of nitrogens with zero attached hydrogens (tertiary/aromatic N) is 3. The van der Waals surface area contributed by atoms with Crippen LogP contribution in [0.2, 0.25) is 0 Å². The van der Waals surface area contributed by atoms with Crippen LogP contribution in [0, 0.1) is 6.92 Å². The number of rotatable bonds is 3. The van der Waals surface area contributed by atoms with Crippen LogP contribution >= 0.6 is 0 Å². The number of hydrogen-bond donors (Lipinski definition) is 0. The summed E-state index contributed by atoms with van der Waals surface area (Å²) in [6.07, 6.45) is 3.03. The summed E-state index contributed by atoms with van der Waals surface area (Å²) in [5.41, 5.74) is 3.23. The van der Waals surface area contributed by atoms with E-state index in [1.165, 1.54) is 11.8 Å². The van der Waals surface area contributed by atoms with Crippen molar-refractivity contribution >= 4 is 5.97 Å². The lowest BCUT2D eigenvalue weighted by Gasteiger charge is -2.04. The molecule has 0 aliphatic rings. The number of carbonyl (C=O) groups excluding carboxylic acids is 1. The number of benzene rings is 1. The Morgan fingerprint density at radius 3 is 2.45 bits per heavy atom. The van der Waals surface area contributed by atoms with Crippen molar-refractivity contribution in [1.82, 2.24) is 15.2 Å². The average molecular weight is 291 g/mol. The van der Waals surface area contributed by atoms with E-state index >= 15 is 0 Å². The van der Waals surface area contributed by atoms with Gasteiger partial charge in [0, 0.05) is 24.0 Å². The number of ether oxygens (including phenoxy) is 1. The molecule has 3 aromatic rings. The molecular weight excluding hydrogens is 278 g/mol. The fourth-order valence-corrected chi connectivity index (χ4v) is 1.89. The van der Waals surface area contributed by atoms with Crippen molar-refractivity contribution < 1.29 is 9.53 Å². The van der Waals surface area contributed by atoms with Crippen LogP contribution in [0.1, 0.15) is 15.9 Å². The van der Waals surface area contributed by atoms with Gasteiger partial charge in [0.15, 0.2) is 0 Å². The molecule has 2 aromatic heterocycles. The van der Waals surface area contributed by atoms with Gasteiger partial charge in [0.05, 0.1) is 11.3 Å². The molecule has 2 heterocycles. The highest BCUT2D eigenvalue weighted by Gasteiger charge is 2.10. The lowest BCUT2D eigenvalue weighted by atomic mass is 10.1. The Morgan fingerprint density at radius 2 is 1.82 bits per heavy atom. The van der Waals surface area contributed by atoms with Crippen LogP contribution in [0.4, 0.5) is 0 Å². The van der Waals surface area contributed by atoms with Crippen molar-refractivity contribution in [2.24, 2.45) is 0 Å². The molecule has 0 aliphatic carbocycles. The number of aryl methyl sites for hydroxylation is 1. The lowest BCUT2D eigenvalue weighted by Crippen LogP contribution is -2.10. The zero-order chi connectivity index (χ0) is 15.4. The topological polar surface area (TPSA) is 65.0 Å². The number of aromatic nitrogens is 3. The third kappa shape index (κ3) is 3.15. The molecule has 0 bridgehead atoms. The molecule has 108 valence electrons. The maximum absolute atomic E-state index is 11.9. The first-order valence-electron chi connectivity index (χ1n) is 6.75. The summed E-state index contributed by atoms with van der Waals surface area (Å²) in [6.45, 7) is 2.02.